The minimum Gasteiger partial charge on any atom is -0.493 e. The lowest BCUT2D eigenvalue weighted by Crippen LogP contribution is -2.38. The third-order valence-electron chi connectivity index (χ3n) is 5.31. The summed E-state index contributed by atoms with van der Waals surface area (Å²) in [7, 11) is 1.59. The summed E-state index contributed by atoms with van der Waals surface area (Å²) in [4.78, 5) is 19.5. The number of oxazole rings is 1. The van der Waals surface area contributed by atoms with Crippen molar-refractivity contribution < 1.29 is 18.7 Å². The maximum atomic E-state index is 13.0. The molecule has 0 unspecified atom stereocenters. The lowest BCUT2D eigenvalue weighted by atomic mass is 9.96. The Labute approximate surface area is 170 Å². The van der Waals surface area contributed by atoms with Gasteiger partial charge in [-0.3, -0.25) is 4.79 Å². The standard InChI is InChI=1S/C23H26N2O4/c1-3-14-28-20-9-8-17(15-21(20)27-2)23(26)25-12-10-16(11-13-25)22-24-18-6-4-5-7-19(18)29-22/h4-9,15-16H,3,10-14H2,1-2H3. The van der Waals surface area contributed by atoms with Gasteiger partial charge >= 0.3 is 0 Å². The number of aromatic nitrogens is 1. The van der Waals surface area contributed by atoms with E-state index in [1.807, 2.05) is 41.3 Å². The zero-order chi connectivity index (χ0) is 20.2. The van der Waals surface area contributed by atoms with Crippen LogP contribution in [0.25, 0.3) is 11.1 Å². The van der Waals surface area contributed by atoms with Crippen LogP contribution in [0.1, 0.15) is 48.4 Å². The molecule has 1 amide bonds. The summed E-state index contributed by atoms with van der Waals surface area (Å²) < 4.78 is 17.0. The predicted molar refractivity (Wildman–Crippen MR) is 111 cm³/mol. The maximum Gasteiger partial charge on any atom is 0.253 e. The number of amides is 1. The third kappa shape index (κ3) is 4.06. The summed E-state index contributed by atoms with van der Waals surface area (Å²) in [5.74, 6) is 2.29. The Morgan fingerprint density at radius 1 is 1.17 bits per heavy atom. The van der Waals surface area contributed by atoms with E-state index < -0.39 is 0 Å². The van der Waals surface area contributed by atoms with Gasteiger partial charge in [0.05, 0.1) is 13.7 Å². The number of carbonyl (C=O) groups excluding carboxylic acids is 1. The van der Waals surface area contributed by atoms with Gasteiger partial charge in [0, 0.05) is 24.6 Å². The Morgan fingerprint density at radius 2 is 1.97 bits per heavy atom. The summed E-state index contributed by atoms with van der Waals surface area (Å²) in [5, 5.41) is 0. The van der Waals surface area contributed by atoms with Crippen LogP contribution in [0.15, 0.2) is 46.9 Å². The molecule has 0 aliphatic carbocycles. The zero-order valence-corrected chi connectivity index (χ0v) is 16.9. The quantitative estimate of drug-likeness (QED) is 0.609. The van der Waals surface area contributed by atoms with Gasteiger partial charge < -0.3 is 18.8 Å². The molecule has 1 aliphatic heterocycles. The van der Waals surface area contributed by atoms with Crippen molar-refractivity contribution in [3.05, 3.63) is 53.9 Å². The molecule has 1 saturated heterocycles. The molecule has 6 heteroatoms. The van der Waals surface area contributed by atoms with Gasteiger partial charge in [0.15, 0.2) is 23.0 Å². The average Bonchev–Trinajstić information content (AvgIpc) is 3.21. The van der Waals surface area contributed by atoms with Gasteiger partial charge in [-0.15, -0.1) is 0 Å². The molecule has 3 aromatic rings. The van der Waals surface area contributed by atoms with Gasteiger partial charge in [-0.1, -0.05) is 19.1 Å². The van der Waals surface area contributed by atoms with Crippen molar-refractivity contribution in [1.82, 2.24) is 9.88 Å². The van der Waals surface area contributed by atoms with Crippen molar-refractivity contribution in [2.75, 3.05) is 26.8 Å². The Morgan fingerprint density at radius 3 is 2.69 bits per heavy atom. The van der Waals surface area contributed by atoms with Crippen LogP contribution in [-0.2, 0) is 0 Å². The highest BCUT2D eigenvalue weighted by molar-refractivity contribution is 5.95. The van der Waals surface area contributed by atoms with E-state index in [0.29, 0.717) is 36.8 Å². The molecule has 0 N–H and O–H groups in total. The SMILES string of the molecule is CCCOc1ccc(C(=O)N2CCC(c3nc4ccccc4o3)CC2)cc1OC. The molecule has 6 nitrogen and oxygen atoms in total. The Bertz CT molecular complexity index is 956. The Kier molecular flexibility index (Phi) is 5.69. The molecule has 0 saturated carbocycles. The van der Waals surface area contributed by atoms with Gasteiger partial charge in [0.25, 0.3) is 5.91 Å². The molecule has 0 radical (unpaired) electrons. The van der Waals surface area contributed by atoms with E-state index in [1.54, 1.807) is 13.2 Å². The summed E-state index contributed by atoms with van der Waals surface area (Å²) >= 11 is 0. The van der Waals surface area contributed by atoms with E-state index >= 15 is 0 Å². The first kappa shape index (κ1) is 19.3. The lowest BCUT2D eigenvalue weighted by Gasteiger charge is -2.30. The smallest absolute Gasteiger partial charge is 0.253 e. The van der Waals surface area contributed by atoms with Gasteiger partial charge in [-0.2, -0.15) is 0 Å². The molecule has 2 aromatic carbocycles. The first-order chi connectivity index (χ1) is 14.2. The minimum atomic E-state index is 0.0151. The van der Waals surface area contributed by atoms with E-state index in [0.717, 1.165) is 36.3 Å². The van der Waals surface area contributed by atoms with Crippen LogP contribution < -0.4 is 9.47 Å². The number of methoxy groups -OCH3 is 1. The second-order valence-electron chi connectivity index (χ2n) is 7.30. The monoisotopic (exact) mass is 394 g/mol. The normalized spacial score (nSPS) is 14.9. The molecule has 4 rings (SSSR count). The topological polar surface area (TPSA) is 64.8 Å². The second-order valence-corrected chi connectivity index (χ2v) is 7.30. The van der Waals surface area contributed by atoms with Gasteiger partial charge in [0.1, 0.15) is 5.52 Å². The first-order valence-electron chi connectivity index (χ1n) is 10.1. The molecule has 1 aromatic heterocycles. The zero-order valence-electron chi connectivity index (χ0n) is 16.9. The number of benzene rings is 2. The van der Waals surface area contributed by atoms with Crippen molar-refractivity contribution in [2.24, 2.45) is 0 Å². The highest BCUT2D eigenvalue weighted by atomic mass is 16.5. The molecule has 0 atom stereocenters. The summed E-state index contributed by atoms with van der Waals surface area (Å²) in [5.41, 5.74) is 2.32. The lowest BCUT2D eigenvalue weighted by molar-refractivity contribution is 0.0706. The number of hydrogen-bond donors (Lipinski definition) is 0. The number of fused-ring (bicyclic) bond motifs is 1. The molecule has 0 bridgehead atoms. The number of likely N-dealkylation sites (tertiary alicyclic amines) is 1. The molecule has 1 fully saturated rings. The molecule has 2 heterocycles. The maximum absolute atomic E-state index is 13.0. The van der Waals surface area contributed by atoms with Gasteiger partial charge in [-0.05, 0) is 49.6 Å². The van der Waals surface area contributed by atoms with Crippen LogP contribution in [0.5, 0.6) is 11.5 Å². The molecule has 152 valence electrons. The highest BCUT2D eigenvalue weighted by Gasteiger charge is 2.28. The van der Waals surface area contributed by atoms with Gasteiger partial charge in [0.2, 0.25) is 0 Å². The van der Waals surface area contributed by atoms with E-state index in [2.05, 4.69) is 11.9 Å². The molecule has 1 aliphatic rings. The summed E-state index contributed by atoms with van der Waals surface area (Å²) in [6, 6.07) is 13.2. The molecular formula is C23H26N2O4. The van der Waals surface area contributed by atoms with Crippen LogP contribution >= 0.6 is 0 Å². The van der Waals surface area contributed by atoms with Crippen LogP contribution in [-0.4, -0.2) is 42.6 Å². The molecule has 0 spiro atoms. The third-order valence-corrected chi connectivity index (χ3v) is 5.31. The van der Waals surface area contributed by atoms with E-state index in [-0.39, 0.29) is 11.8 Å². The summed E-state index contributed by atoms with van der Waals surface area (Å²) in [6.07, 6.45) is 2.60. The number of ether oxygens (including phenoxy) is 2. The van der Waals surface area contributed by atoms with E-state index in [9.17, 15) is 4.79 Å². The number of hydrogen-bond acceptors (Lipinski definition) is 5. The number of nitrogens with zero attached hydrogens (tertiary/aromatic N) is 2. The Hall–Kier alpha value is -3.02. The fourth-order valence-corrected chi connectivity index (χ4v) is 3.71. The predicted octanol–water partition coefficient (Wildman–Crippen LogP) is 4.65. The van der Waals surface area contributed by atoms with Gasteiger partial charge in [-0.25, -0.2) is 4.98 Å². The van der Waals surface area contributed by atoms with Crippen molar-refractivity contribution >= 4 is 17.0 Å². The van der Waals surface area contributed by atoms with E-state index in [4.69, 9.17) is 13.9 Å². The van der Waals surface area contributed by atoms with E-state index in [1.165, 1.54) is 0 Å². The minimum absolute atomic E-state index is 0.0151. The van der Waals surface area contributed by atoms with Crippen LogP contribution in [0, 0.1) is 0 Å². The van der Waals surface area contributed by atoms with Crippen molar-refractivity contribution in [1.29, 1.82) is 0 Å². The number of rotatable bonds is 6. The van der Waals surface area contributed by atoms with Crippen LogP contribution in [0.4, 0.5) is 0 Å². The molecular weight excluding hydrogens is 368 g/mol. The average molecular weight is 394 g/mol. The van der Waals surface area contributed by atoms with Crippen molar-refractivity contribution in [3.8, 4) is 11.5 Å². The largest absolute Gasteiger partial charge is 0.493 e. The van der Waals surface area contributed by atoms with Crippen LogP contribution in [0.3, 0.4) is 0 Å². The fourth-order valence-electron chi connectivity index (χ4n) is 3.71. The number of carbonyl (C=O) groups is 1. The number of piperidine rings is 1. The van der Waals surface area contributed by atoms with Crippen molar-refractivity contribution in [2.45, 2.75) is 32.1 Å². The summed E-state index contributed by atoms with van der Waals surface area (Å²) in [6.45, 7) is 4.03. The molecule has 29 heavy (non-hydrogen) atoms. The second kappa shape index (κ2) is 8.55. The first-order valence-corrected chi connectivity index (χ1v) is 10.1. The number of para-hydroxylation sites is 2. The highest BCUT2D eigenvalue weighted by Crippen LogP contribution is 2.32. The fraction of sp³-hybridized carbons (Fsp3) is 0.391. The van der Waals surface area contributed by atoms with Crippen molar-refractivity contribution in [3.63, 3.8) is 0 Å². The Balaban J connectivity index is 1.42. The van der Waals surface area contributed by atoms with Crippen LogP contribution in [0.2, 0.25) is 0 Å².